The number of aryl methyl sites for hydroxylation is 1. The van der Waals surface area contributed by atoms with Crippen LogP contribution >= 0.6 is 0 Å². The number of ether oxygens (including phenoxy) is 2. The van der Waals surface area contributed by atoms with Gasteiger partial charge in [0.05, 0.1) is 59.4 Å². The Morgan fingerprint density at radius 2 is 1.86 bits per heavy atom. The number of aromatic hydroxyl groups is 1. The van der Waals surface area contributed by atoms with Crippen LogP contribution in [0.3, 0.4) is 0 Å². The highest BCUT2D eigenvalue weighted by molar-refractivity contribution is 6.08. The molecule has 20 heteroatoms. The van der Waals surface area contributed by atoms with Crippen LogP contribution in [0.15, 0.2) is 41.6 Å². The van der Waals surface area contributed by atoms with E-state index < -0.39 is 35.7 Å². The number of benzene rings is 1. The van der Waals surface area contributed by atoms with Crippen LogP contribution in [0.2, 0.25) is 0 Å². The summed E-state index contributed by atoms with van der Waals surface area (Å²) in [7, 11) is 3.66. The van der Waals surface area contributed by atoms with Gasteiger partial charge in [-0.25, -0.2) is 23.1 Å². The second kappa shape index (κ2) is 18.1. The molecule has 3 atom stereocenters. The van der Waals surface area contributed by atoms with Crippen LogP contribution in [0, 0.1) is 11.8 Å². The first kappa shape index (κ1) is 43.1. The molecule has 10 rings (SSSR count). The normalized spacial score (nSPS) is 21.9. The number of piperidine rings is 2. The Hall–Kier alpha value is -6.17. The molecule has 5 aliphatic rings. The number of alkyl halides is 2. The molecule has 2 bridgehead atoms. The highest BCUT2D eigenvalue weighted by Crippen LogP contribution is 2.35. The second-order valence-electron chi connectivity index (χ2n) is 17.2. The third kappa shape index (κ3) is 8.58. The van der Waals surface area contributed by atoms with Crippen LogP contribution in [0.25, 0.3) is 16.7 Å². The molecule has 1 aliphatic carbocycles. The van der Waals surface area contributed by atoms with Crippen molar-refractivity contribution >= 4 is 45.9 Å². The number of hydrogen-bond donors (Lipinski definition) is 3. The summed E-state index contributed by atoms with van der Waals surface area (Å²) in [5.74, 6) is 5.22. The van der Waals surface area contributed by atoms with E-state index >= 15 is 0 Å². The van der Waals surface area contributed by atoms with Crippen LogP contribution in [0.5, 0.6) is 5.75 Å². The second-order valence-corrected chi connectivity index (χ2v) is 17.2. The number of likely N-dealkylation sites (tertiary alicyclic amines) is 1. The topological polar surface area (TPSA) is 195 Å². The molecule has 4 saturated heterocycles. The van der Waals surface area contributed by atoms with Gasteiger partial charge in [-0.3, -0.25) is 33.5 Å². The predicted molar refractivity (Wildman–Crippen MR) is 229 cm³/mol. The van der Waals surface area contributed by atoms with Crippen molar-refractivity contribution in [3.63, 3.8) is 0 Å². The first-order chi connectivity index (χ1) is 30.9. The SMILES string of the molecule is CN1CCC(OCC#Cc2c(O)ccc3c2n(C)c(=O)n3C2CCC(=O)NC2=O)CC1.O=C(Nc1cn(C2CCCCC2)nc1C(F)F)c1cnn2ccc(N3CC4C[C@@H]3CO4)nc12. The van der Waals surface area contributed by atoms with E-state index in [2.05, 4.69) is 54.5 Å². The Balaban J connectivity index is 0.000000162. The van der Waals surface area contributed by atoms with Gasteiger partial charge in [0.2, 0.25) is 11.8 Å². The van der Waals surface area contributed by atoms with Gasteiger partial charge in [-0.05, 0) is 63.8 Å². The number of nitrogens with zero attached hydrogens (tertiary/aromatic N) is 9. The number of aromatic nitrogens is 7. The van der Waals surface area contributed by atoms with Crippen LogP contribution in [-0.2, 0) is 26.1 Å². The molecular weight excluding hydrogens is 833 g/mol. The monoisotopic (exact) mass is 883 g/mol. The quantitative estimate of drug-likeness (QED) is 0.150. The Morgan fingerprint density at radius 3 is 2.58 bits per heavy atom. The molecule has 64 heavy (non-hydrogen) atoms. The number of carbonyl (C=O) groups excluding carboxylic acids is 3. The van der Waals surface area contributed by atoms with Crippen LogP contribution < -0.4 is 21.2 Å². The molecule has 2 unspecified atom stereocenters. The number of morpholine rings is 1. The highest BCUT2D eigenvalue weighted by Gasteiger charge is 2.40. The van der Waals surface area contributed by atoms with E-state index in [0.29, 0.717) is 28.9 Å². The first-order valence-electron chi connectivity index (χ1n) is 21.9. The van der Waals surface area contributed by atoms with Gasteiger partial charge < -0.3 is 29.7 Å². The van der Waals surface area contributed by atoms with Gasteiger partial charge in [-0.1, -0.05) is 31.1 Å². The fourth-order valence-corrected chi connectivity index (χ4v) is 9.50. The van der Waals surface area contributed by atoms with E-state index in [9.17, 15) is 33.1 Å². The lowest BCUT2D eigenvalue weighted by atomic mass is 9.96. The zero-order chi connectivity index (χ0) is 44.6. The third-order valence-corrected chi connectivity index (χ3v) is 13.0. The molecule has 3 amide bonds. The number of imide groups is 1. The Bertz CT molecular complexity index is 2700. The van der Waals surface area contributed by atoms with Crippen molar-refractivity contribution in [1.82, 2.24) is 43.7 Å². The minimum Gasteiger partial charge on any atom is -0.507 e. The molecule has 338 valence electrons. The Kier molecular flexibility index (Phi) is 12.2. The number of rotatable bonds is 8. The number of phenolic OH excluding ortho intramolecular Hbond substituents is 1. The number of fused-ring (bicyclic) bond motifs is 4. The number of amides is 3. The maximum absolute atomic E-state index is 13.7. The van der Waals surface area contributed by atoms with Gasteiger partial charge >= 0.3 is 5.69 Å². The highest BCUT2D eigenvalue weighted by atomic mass is 19.3. The maximum atomic E-state index is 13.7. The van der Waals surface area contributed by atoms with E-state index in [1.54, 1.807) is 24.0 Å². The van der Waals surface area contributed by atoms with Gasteiger partial charge in [0, 0.05) is 45.5 Å². The molecule has 0 spiro atoms. The number of halogens is 2. The lowest BCUT2D eigenvalue weighted by molar-refractivity contribution is -0.135. The smallest absolute Gasteiger partial charge is 0.329 e. The van der Waals surface area contributed by atoms with Crippen molar-refractivity contribution in [2.75, 3.05) is 50.1 Å². The van der Waals surface area contributed by atoms with Crippen LogP contribution in [0.1, 0.15) is 104 Å². The average molecular weight is 884 g/mol. The summed E-state index contributed by atoms with van der Waals surface area (Å²) in [4.78, 5) is 59.0. The molecule has 5 fully saturated rings. The summed E-state index contributed by atoms with van der Waals surface area (Å²) < 4.78 is 44.7. The maximum Gasteiger partial charge on any atom is 0.329 e. The van der Waals surface area contributed by atoms with Crippen molar-refractivity contribution < 1.29 is 37.7 Å². The van der Waals surface area contributed by atoms with E-state index in [-0.39, 0.29) is 66.6 Å². The lowest BCUT2D eigenvalue weighted by Crippen LogP contribution is -2.44. The molecule has 4 aromatic heterocycles. The van der Waals surface area contributed by atoms with E-state index in [4.69, 9.17) is 9.47 Å². The first-order valence-corrected chi connectivity index (χ1v) is 21.9. The van der Waals surface area contributed by atoms with Crippen LogP contribution in [-0.4, -0.2) is 119 Å². The Labute approximate surface area is 366 Å². The van der Waals surface area contributed by atoms with Crippen molar-refractivity contribution in [1.29, 1.82) is 0 Å². The fourth-order valence-electron chi connectivity index (χ4n) is 9.50. The number of imidazole rings is 1. The van der Waals surface area contributed by atoms with Crippen molar-refractivity contribution in [2.24, 2.45) is 7.05 Å². The summed E-state index contributed by atoms with van der Waals surface area (Å²) in [6.07, 6.45) is 10.7. The Morgan fingerprint density at radius 1 is 1.06 bits per heavy atom. The van der Waals surface area contributed by atoms with Crippen molar-refractivity contribution in [3.8, 4) is 17.6 Å². The van der Waals surface area contributed by atoms with Gasteiger partial charge in [0.25, 0.3) is 12.3 Å². The molecular formula is C44H51F2N11O7. The summed E-state index contributed by atoms with van der Waals surface area (Å²) >= 11 is 0. The van der Waals surface area contributed by atoms with E-state index in [1.165, 1.54) is 32.1 Å². The van der Waals surface area contributed by atoms with Gasteiger partial charge in [0.1, 0.15) is 29.8 Å². The molecule has 8 heterocycles. The molecule has 1 aromatic carbocycles. The van der Waals surface area contributed by atoms with Gasteiger partial charge in [-0.15, -0.1) is 0 Å². The van der Waals surface area contributed by atoms with Crippen molar-refractivity contribution in [3.05, 3.63) is 64.1 Å². The zero-order valence-electron chi connectivity index (χ0n) is 35.7. The number of hydrogen-bond acceptors (Lipinski definition) is 12. The summed E-state index contributed by atoms with van der Waals surface area (Å²) in [5.41, 5.74) is 1.07. The number of nitrogens with one attached hydrogen (secondary N) is 2. The zero-order valence-corrected chi connectivity index (χ0v) is 35.7. The molecule has 0 radical (unpaired) electrons. The standard InChI is InChI=1S/C22H25F2N7O2.C22H26N4O5/c23-20(24)19-17(11-31(28-19)13-4-2-1-3-5-13)26-22(32)16-9-25-30-7-6-18(27-21(16)30)29-10-15-8-14(29)12-33-15;1-24-11-9-14(10-12-24)31-13-3-4-15-18(27)7-5-16-20(15)25(2)22(30)26(16)17-6-8-19(28)23-21(17)29/h6-7,9,11,13-15,20H,1-5,8,10,12H2,(H,26,32);5,7,14,17,27H,6,8-13H2,1-2H3,(H,23,28,29)/t14-,15?;/m1./s1. The molecule has 3 N–H and O–H groups in total. The van der Waals surface area contributed by atoms with Gasteiger partial charge in [-0.2, -0.15) is 10.2 Å². The largest absolute Gasteiger partial charge is 0.507 e. The minimum atomic E-state index is -2.79. The van der Waals surface area contributed by atoms with Crippen molar-refractivity contribution in [2.45, 2.75) is 101 Å². The average Bonchev–Trinajstić information content (AvgIpc) is 4.14. The summed E-state index contributed by atoms with van der Waals surface area (Å²) in [5, 5.41) is 23.7. The molecule has 18 nitrogen and oxygen atoms in total. The summed E-state index contributed by atoms with van der Waals surface area (Å²) in [6.45, 7) is 3.65. The predicted octanol–water partition coefficient (Wildman–Crippen LogP) is 4.08. The lowest BCUT2D eigenvalue weighted by Gasteiger charge is -2.28. The molecule has 1 saturated carbocycles. The third-order valence-electron chi connectivity index (χ3n) is 13.0. The van der Waals surface area contributed by atoms with E-state index in [0.717, 1.165) is 76.8 Å². The number of anilines is 2. The van der Waals surface area contributed by atoms with E-state index in [1.807, 2.05) is 6.07 Å². The fraction of sp³-hybridized carbons (Fsp3) is 0.523. The molecule has 5 aromatic rings. The number of carbonyl (C=O) groups is 3. The number of phenols is 1. The van der Waals surface area contributed by atoms with Gasteiger partial charge in [0.15, 0.2) is 11.3 Å². The molecule has 4 aliphatic heterocycles. The summed E-state index contributed by atoms with van der Waals surface area (Å²) in [6, 6.07) is 4.51. The minimum absolute atomic E-state index is 0.0325. The van der Waals surface area contributed by atoms with Crippen LogP contribution in [0.4, 0.5) is 20.3 Å².